The average molecular weight is 183 g/mol. The van der Waals surface area contributed by atoms with Crippen LogP contribution in [0.2, 0.25) is 0 Å². The zero-order valence-electron chi connectivity index (χ0n) is 7.32. The third-order valence-corrected chi connectivity index (χ3v) is 1.65. The predicted octanol–water partition coefficient (Wildman–Crippen LogP) is 1.17. The zero-order valence-corrected chi connectivity index (χ0v) is 8.14. The van der Waals surface area contributed by atoms with Crippen molar-refractivity contribution in [3.63, 3.8) is 0 Å². The first-order valence-corrected chi connectivity index (χ1v) is 4.33. The Bertz CT molecular complexity index is 278. The Hall–Kier alpha value is -0.900. The normalized spacial score (nSPS) is 10.6. The van der Waals surface area contributed by atoms with E-state index >= 15 is 0 Å². The quantitative estimate of drug-likeness (QED) is 0.715. The lowest BCUT2D eigenvalue weighted by Crippen LogP contribution is -2.12. The molecule has 12 heavy (non-hydrogen) atoms. The first-order chi connectivity index (χ1) is 5.59. The first kappa shape index (κ1) is 9.19. The van der Waals surface area contributed by atoms with Gasteiger partial charge in [-0.05, 0) is 12.0 Å². The largest absolute Gasteiger partial charge is 0.388 e. The van der Waals surface area contributed by atoms with E-state index in [0.29, 0.717) is 16.6 Å². The minimum Gasteiger partial charge on any atom is -0.388 e. The highest BCUT2D eigenvalue weighted by atomic mass is 32.1. The summed E-state index contributed by atoms with van der Waals surface area (Å²) in [7, 11) is 0. The summed E-state index contributed by atoms with van der Waals surface area (Å²) in [5.74, 6) is 0.587. The molecular formula is C8H13N3S. The molecule has 0 aliphatic carbocycles. The highest BCUT2D eigenvalue weighted by Gasteiger charge is 2.01. The molecule has 66 valence electrons. The van der Waals surface area contributed by atoms with Crippen LogP contribution in [0.25, 0.3) is 0 Å². The molecule has 1 rings (SSSR count). The second kappa shape index (κ2) is 3.67. The van der Waals surface area contributed by atoms with Crippen LogP contribution in [0.1, 0.15) is 19.5 Å². The van der Waals surface area contributed by atoms with Crippen molar-refractivity contribution in [1.29, 1.82) is 0 Å². The Morgan fingerprint density at radius 1 is 1.75 bits per heavy atom. The standard InChI is InChI=1S/C8H13N3S/c1-6(2)5-11-4-3-7(10-11)8(9)12/h3-4,6H,5H2,1-2H3,(H2,9,12). The molecule has 0 amide bonds. The third-order valence-electron chi connectivity index (χ3n) is 1.45. The van der Waals surface area contributed by atoms with E-state index < -0.39 is 0 Å². The number of hydrogen-bond acceptors (Lipinski definition) is 2. The first-order valence-electron chi connectivity index (χ1n) is 3.93. The number of rotatable bonds is 3. The minimum absolute atomic E-state index is 0.359. The molecule has 0 unspecified atom stereocenters. The van der Waals surface area contributed by atoms with Crippen LogP contribution in [0.4, 0.5) is 0 Å². The van der Waals surface area contributed by atoms with Gasteiger partial charge < -0.3 is 5.73 Å². The van der Waals surface area contributed by atoms with Crippen LogP contribution in [0.3, 0.4) is 0 Å². The van der Waals surface area contributed by atoms with E-state index in [2.05, 4.69) is 18.9 Å². The van der Waals surface area contributed by atoms with E-state index in [-0.39, 0.29) is 0 Å². The number of aromatic nitrogens is 2. The molecule has 4 heteroatoms. The maximum atomic E-state index is 5.41. The second-order valence-electron chi connectivity index (χ2n) is 3.18. The highest BCUT2D eigenvalue weighted by molar-refractivity contribution is 7.80. The SMILES string of the molecule is CC(C)Cn1ccc(C(N)=S)n1. The van der Waals surface area contributed by atoms with Gasteiger partial charge in [-0.2, -0.15) is 5.10 Å². The Morgan fingerprint density at radius 2 is 2.42 bits per heavy atom. The lowest BCUT2D eigenvalue weighted by Gasteiger charge is -2.03. The van der Waals surface area contributed by atoms with Crippen LogP contribution in [-0.2, 0) is 6.54 Å². The topological polar surface area (TPSA) is 43.8 Å². The van der Waals surface area contributed by atoms with Crippen molar-refractivity contribution in [3.8, 4) is 0 Å². The van der Waals surface area contributed by atoms with Gasteiger partial charge in [-0.1, -0.05) is 26.1 Å². The Labute approximate surface area is 77.6 Å². The summed E-state index contributed by atoms with van der Waals surface area (Å²) in [5.41, 5.74) is 6.11. The Kier molecular flexibility index (Phi) is 2.81. The van der Waals surface area contributed by atoms with Gasteiger partial charge in [-0.3, -0.25) is 4.68 Å². The van der Waals surface area contributed by atoms with Gasteiger partial charge in [0, 0.05) is 12.7 Å². The summed E-state index contributed by atoms with van der Waals surface area (Å²) in [5, 5.41) is 4.20. The fourth-order valence-corrected chi connectivity index (χ4v) is 1.08. The fraction of sp³-hybridized carbons (Fsp3) is 0.500. The molecule has 0 aliphatic heterocycles. The molecule has 1 aromatic rings. The van der Waals surface area contributed by atoms with Crippen LogP contribution < -0.4 is 5.73 Å². The molecule has 0 radical (unpaired) electrons. The van der Waals surface area contributed by atoms with Crippen LogP contribution >= 0.6 is 12.2 Å². The smallest absolute Gasteiger partial charge is 0.124 e. The summed E-state index contributed by atoms with van der Waals surface area (Å²) in [6.07, 6.45) is 1.90. The molecule has 0 atom stereocenters. The molecule has 2 N–H and O–H groups in total. The van der Waals surface area contributed by atoms with Crippen molar-refractivity contribution in [3.05, 3.63) is 18.0 Å². The second-order valence-corrected chi connectivity index (χ2v) is 3.62. The number of thiocarbonyl (C=S) groups is 1. The highest BCUT2D eigenvalue weighted by Crippen LogP contribution is 2.00. The van der Waals surface area contributed by atoms with Crippen molar-refractivity contribution < 1.29 is 0 Å². The summed E-state index contributed by atoms with van der Waals surface area (Å²) in [6, 6.07) is 1.84. The van der Waals surface area contributed by atoms with Gasteiger partial charge >= 0.3 is 0 Å². The summed E-state index contributed by atoms with van der Waals surface area (Å²) >= 11 is 4.79. The average Bonchev–Trinajstić information content (AvgIpc) is 2.34. The van der Waals surface area contributed by atoms with Crippen molar-refractivity contribution in [2.75, 3.05) is 0 Å². The molecule has 0 bridgehead atoms. The fourth-order valence-electron chi connectivity index (χ4n) is 0.969. The Balaban J connectivity index is 2.71. The molecule has 1 heterocycles. The van der Waals surface area contributed by atoms with Crippen LogP contribution in [0, 0.1) is 5.92 Å². The number of hydrogen-bond donors (Lipinski definition) is 1. The van der Waals surface area contributed by atoms with E-state index in [1.54, 1.807) is 0 Å². The zero-order chi connectivity index (χ0) is 9.14. The van der Waals surface area contributed by atoms with E-state index in [0.717, 1.165) is 6.54 Å². The van der Waals surface area contributed by atoms with Crippen molar-refractivity contribution in [2.24, 2.45) is 11.7 Å². The van der Waals surface area contributed by atoms with Gasteiger partial charge in [-0.15, -0.1) is 0 Å². The maximum Gasteiger partial charge on any atom is 0.124 e. The van der Waals surface area contributed by atoms with E-state index in [1.165, 1.54) is 0 Å². The number of nitrogens with zero attached hydrogens (tertiary/aromatic N) is 2. The molecule has 0 fully saturated rings. The molecule has 1 aromatic heterocycles. The molecule has 3 nitrogen and oxygen atoms in total. The Morgan fingerprint density at radius 3 is 2.83 bits per heavy atom. The molecule has 0 aromatic carbocycles. The van der Waals surface area contributed by atoms with Crippen LogP contribution in [-0.4, -0.2) is 14.8 Å². The van der Waals surface area contributed by atoms with E-state index in [9.17, 15) is 0 Å². The van der Waals surface area contributed by atoms with Gasteiger partial charge in [0.05, 0.1) is 0 Å². The number of nitrogens with two attached hydrogens (primary N) is 1. The predicted molar refractivity (Wildman–Crippen MR) is 53.0 cm³/mol. The summed E-state index contributed by atoms with van der Waals surface area (Å²) in [6.45, 7) is 5.19. The van der Waals surface area contributed by atoms with E-state index in [1.807, 2.05) is 16.9 Å². The molecule has 0 spiro atoms. The lowest BCUT2D eigenvalue weighted by molar-refractivity contribution is 0.482. The van der Waals surface area contributed by atoms with Gasteiger partial charge in [0.1, 0.15) is 10.7 Å². The lowest BCUT2D eigenvalue weighted by atomic mass is 10.2. The van der Waals surface area contributed by atoms with Gasteiger partial charge in [-0.25, -0.2) is 0 Å². The van der Waals surface area contributed by atoms with Crippen molar-refractivity contribution in [1.82, 2.24) is 9.78 Å². The van der Waals surface area contributed by atoms with Crippen molar-refractivity contribution in [2.45, 2.75) is 20.4 Å². The van der Waals surface area contributed by atoms with Crippen molar-refractivity contribution >= 4 is 17.2 Å². The minimum atomic E-state index is 0.359. The monoisotopic (exact) mass is 183 g/mol. The van der Waals surface area contributed by atoms with Gasteiger partial charge in [0.15, 0.2) is 0 Å². The molecule has 0 saturated heterocycles. The van der Waals surface area contributed by atoms with E-state index in [4.69, 9.17) is 18.0 Å². The summed E-state index contributed by atoms with van der Waals surface area (Å²) in [4.78, 5) is 0.359. The molecule has 0 saturated carbocycles. The summed E-state index contributed by atoms with van der Waals surface area (Å²) < 4.78 is 1.86. The van der Waals surface area contributed by atoms with Gasteiger partial charge in [0.2, 0.25) is 0 Å². The molecular weight excluding hydrogens is 170 g/mol. The maximum absolute atomic E-state index is 5.41. The molecule has 0 aliphatic rings. The van der Waals surface area contributed by atoms with Gasteiger partial charge in [0.25, 0.3) is 0 Å². The van der Waals surface area contributed by atoms with Crippen LogP contribution in [0.15, 0.2) is 12.3 Å². The van der Waals surface area contributed by atoms with Crippen LogP contribution in [0.5, 0.6) is 0 Å². The third kappa shape index (κ3) is 2.30.